The van der Waals surface area contributed by atoms with Gasteiger partial charge in [-0.1, -0.05) is 92.3 Å². The molecule has 1 N–H and O–H groups in total. The van der Waals surface area contributed by atoms with E-state index < -0.39 is 0 Å². The Morgan fingerprint density at radius 2 is 1.76 bits per heavy atom. The number of nitrogens with one attached hydrogen (secondary N) is 1. The third-order valence-corrected chi connectivity index (χ3v) is 11.0. The van der Waals surface area contributed by atoms with Crippen molar-refractivity contribution < 1.29 is 15.7 Å². The van der Waals surface area contributed by atoms with E-state index in [2.05, 4.69) is 155 Å². The molecule has 304 valence electrons. The Hall–Kier alpha value is -3.40. The molecule has 2 aliphatic rings. The van der Waals surface area contributed by atoms with Gasteiger partial charge in [-0.05, 0) is 119 Å². The minimum atomic E-state index is -0.139. The number of carbonyl (C=O) groups is 1. The van der Waals surface area contributed by atoms with Crippen LogP contribution in [0.15, 0.2) is 60.8 Å². The SMILES string of the molecule is C.CC(C)(C)S.CCC(C)OCc1ccc(C(C)(C)C)cc1NC(=O)CCC[C@H]1CC[C@@H](Oc2ccc3nnc([C@]4(C)CCCN4C)n3c2)c2ccccc21.[HH]. The van der Waals surface area contributed by atoms with Crippen molar-refractivity contribution in [1.82, 2.24) is 19.5 Å². The van der Waals surface area contributed by atoms with Crippen LogP contribution in [0.3, 0.4) is 0 Å². The van der Waals surface area contributed by atoms with E-state index in [0.29, 0.717) is 18.9 Å². The summed E-state index contributed by atoms with van der Waals surface area (Å²) in [5.41, 5.74) is 6.37. The van der Waals surface area contributed by atoms with Crippen LogP contribution in [-0.4, -0.2) is 49.8 Å². The number of ether oxygens (including phenoxy) is 2. The maximum atomic E-state index is 13.3. The second-order valence-electron chi connectivity index (χ2n) is 17.7. The van der Waals surface area contributed by atoms with Crippen LogP contribution in [0.5, 0.6) is 5.75 Å². The zero-order chi connectivity index (χ0) is 39.3. The van der Waals surface area contributed by atoms with Crippen molar-refractivity contribution in [2.24, 2.45) is 0 Å². The molecule has 1 aliphatic heterocycles. The predicted octanol–water partition coefficient (Wildman–Crippen LogP) is 11.7. The number of aromatic nitrogens is 3. The maximum absolute atomic E-state index is 13.3. The minimum absolute atomic E-state index is 0. The largest absolute Gasteiger partial charge is 0.484 e. The summed E-state index contributed by atoms with van der Waals surface area (Å²) in [5, 5.41) is 12.3. The lowest BCUT2D eigenvalue weighted by Gasteiger charge is -2.32. The van der Waals surface area contributed by atoms with Crippen LogP contribution in [0.2, 0.25) is 0 Å². The molecule has 1 aliphatic carbocycles. The number of pyridine rings is 1. The summed E-state index contributed by atoms with van der Waals surface area (Å²) < 4.78 is 15.1. The first kappa shape index (κ1) is 44.3. The smallest absolute Gasteiger partial charge is 0.224 e. The van der Waals surface area contributed by atoms with Gasteiger partial charge in [0.15, 0.2) is 11.5 Å². The van der Waals surface area contributed by atoms with Crippen LogP contribution in [0, 0.1) is 0 Å². The van der Waals surface area contributed by atoms with Crippen molar-refractivity contribution >= 4 is 29.9 Å². The average molecular weight is 774 g/mol. The topological polar surface area (TPSA) is 81.0 Å². The highest BCUT2D eigenvalue weighted by atomic mass is 32.1. The van der Waals surface area contributed by atoms with E-state index in [-0.39, 0.29) is 42.7 Å². The number of fused-ring (bicyclic) bond motifs is 2. The standard InChI is InChI=1S/C41H55N5O3.C4H10S.CH4.H2/c1-8-28(2)48-27-30-17-19-31(40(3,4)5)25-35(30)42-38(47)16-11-13-29-18-21-36(34-15-10-9-14-33(29)34)49-32-20-22-37-43-44-39(46(37)26-32)41(6)23-12-24-45(41)7;1-4(2,3)5;;/h9-10,14-15,17,19-20,22,25-26,28-29,36H,8,11-13,16,18,21,23-24,27H2,1-7H3,(H,42,47);5H,1-3H3;1H4;1H/t28?,29-,36+,41-;;;/m0.../s1. The fourth-order valence-electron chi connectivity index (χ4n) is 7.47. The minimum Gasteiger partial charge on any atom is -0.484 e. The molecule has 4 atom stereocenters. The lowest BCUT2D eigenvalue weighted by atomic mass is 9.79. The second-order valence-corrected chi connectivity index (χ2v) is 19.0. The Morgan fingerprint density at radius 3 is 2.42 bits per heavy atom. The molecular formula is C46H71N5O3S. The predicted molar refractivity (Wildman–Crippen MR) is 234 cm³/mol. The number of rotatable bonds is 12. The van der Waals surface area contributed by atoms with E-state index in [4.69, 9.17) is 9.47 Å². The van der Waals surface area contributed by atoms with Crippen molar-refractivity contribution in [2.75, 3.05) is 18.9 Å². The van der Waals surface area contributed by atoms with Crippen LogP contribution in [0.1, 0.15) is 163 Å². The number of hydrogen-bond acceptors (Lipinski definition) is 7. The number of benzene rings is 2. The molecule has 6 rings (SSSR count). The number of amides is 1. The number of likely N-dealkylation sites (tertiary alicyclic amines) is 1. The van der Waals surface area contributed by atoms with Crippen LogP contribution in [-0.2, 0) is 27.1 Å². The van der Waals surface area contributed by atoms with Gasteiger partial charge in [-0.3, -0.25) is 14.1 Å². The van der Waals surface area contributed by atoms with Gasteiger partial charge < -0.3 is 14.8 Å². The van der Waals surface area contributed by atoms with Gasteiger partial charge in [-0.15, -0.1) is 10.2 Å². The first-order chi connectivity index (χ1) is 25.5. The zero-order valence-electron chi connectivity index (χ0n) is 34.5. The zero-order valence-corrected chi connectivity index (χ0v) is 35.4. The number of hydrogen-bond donors (Lipinski definition) is 2. The van der Waals surface area contributed by atoms with Crippen LogP contribution < -0.4 is 10.1 Å². The number of nitrogens with zero attached hydrogens (tertiary/aromatic N) is 4. The molecule has 2 aromatic carbocycles. The molecule has 1 saturated heterocycles. The molecule has 0 spiro atoms. The highest BCUT2D eigenvalue weighted by molar-refractivity contribution is 7.81. The van der Waals surface area contributed by atoms with E-state index in [1.54, 1.807) is 0 Å². The normalized spacial score (nSPS) is 20.6. The van der Waals surface area contributed by atoms with Crippen LogP contribution >= 0.6 is 12.6 Å². The monoisotopic (exact) mass is 774 g/mol. The van der Waals surface area contributed by atoms with E-state index in [0.717, 1.165) is 80.0 Å². The maximum Gasteiger partial charge on any atom is 0.224 e. The van der Waals surface area contributed by atoms with Gasteiger partial charge in [0.25, 0.3) is 0 Å². The summed E-state index contributed by atoms with van der Waals surface area (Å²) in [6, 6.07) is 19.1. The highest BCUT2D eigenvalue weighted by Crippen LogP contribution is 2.43. The molecule has 55 heavy (non-hydrogen) atoms. The molecule has 1 fully saturated rings. The van der Waals surface area contributed by atoms with E-state index >= 15 is 0 Å². The summed E-state index contributed by atoms with van der Waals surface area (Å²) in [7, 11) is 2.17. The first-order valence-corrected chi connectivity index (χ1v) is 20.5. The Bertz CT molecular complexity index is 1860. The van der Waals surface area contributed by atoms with Gasteiger partial charge in [-0.2, -0.15) is 12.6 Å². The Kier molecular flexibility index (Phi) is 15.1. The second kappa shape index (κ2) is 18.7. The Balaban J connectivity index is 0.00000113. The molecule has 0 bridgehead atoms. The van der Waals surface area contributed by atoms with Crippen molar-refractivity contribution in [3.63, 3.8) is 0 Å². The molecule has 4 aromatic rings. The van der Waals surface area contributed by atoms with E-state index in [1.807, 2.05) is 12.1 Å². The third-order valence-electron chi connectivity index (χ3n) is 11.0. The van der Waals surface area contributed by atoms with Gasteiger partial charge in [-0.25, -0.2) is 0 Å². The van der Waals surface area contributed by atoms with Crippen LogP contribution in [0.4, 0.5) is 5.69 Å². The molecule has 1 unspecified atom stereocenters. The van der Waals surface area contributed by atoms with Gasteiger partial charge in [0.1, 0.15) is 11.9 Å². The fraction of sp³-hybridized carbons (Fsp3) is 0.587. The third kappa shape index (κ3) is 11.6. The molecule has 1 amide bonds. The summed E-state index contributed by atoms with van der Waals surface area (Å²) in [5.74, 6) is 2.26. The van der Waals surface area contributed by atoms with Crippen molar-refractivity contribution in [3.05, 3.63) is 88.9 Å². The lowest BCUT2D eigenvalue weighted by Crippen LogP contribution is -2.37. The average Bonchev–Trinajstić information content (AvgIpc) is 3.69. The summed E-state index contributed by atoms with van der Waals surface area (Å²) in [4.78, 5) is 15.7. The molecular weight excluding hydrogens is 703 g/mol. The van der Waals surface area contributed by atoms with Gasteiger partial charge >= 0.3 is 0 Å². The lowest BCUT2D eigenvalue weighted by molar-refractivity contribution is -0.116. The number of thiol groups is 1. The molecule has 9 heteroatoms. The number of carbonyl (C=O) groups excluding carboxylic acids is 1. The van der Waals surface area contributed by atoms with Crippen molar-refractivity contribution in [1.29, 1.82) is 0 Å². The molecule has 3 heterocycles. The van der Waals surface area contributed by atoms with Crippen molar-refractivity contribution in [3.8, 4) is 5.75 Å². The molecule has 0 saturated carbocycles. The Morgan fingerprint density at radius 1 is 1.05 bits per heavy atom. The van der Waals surface area contributed by atoms with Crippen molar-refractivity contribution in [2.45, 2.75) is 162 Å². The quantitative estimate of drug-likeness (QED) is 0.140. The highest BCUT2D eigenvalue weighted by Gasteiger charge is 2.40. The first-order valence-electron chi connectivity index (χ1n) is 20.1. The molecule has 2 aromatic heterocycles. The van der Waals surface area contributed by atoms with Crippen LogP contribution in [0.25, 0.3) is 5.65 Å². The van der Waals surface area contributed by atoms with E-state index in [1.165, 1.54) is 16.7 Å². The molecule has 0 radical (unpaired) electrons. The van der Waals surface area contributed by atoms with E-state index in [9.17, 15) is 4.79 Å². The summed E-state index contributed by atoms with van der Waals surface area (Å²) in [6.07, 6.45) is 9.62. The Labute approximate surface area is 339 Å². The molecule has 8 nitrogen and oxygen atoms in total. The number of anilines is 1. The van der Waals surface area contributed by atoms with Gasteiger partial charge in [0.2, 0.25) is 5.91 Å². The summed E-state index contributed by atoms with van der Waals surface area (Å²) in [6.45, 7) is 20.8. The summed E-state index contributed by atoms with van der Waals surface area (Å²) >= 11 is 4.12. The van der Waals surface area contributed by atoms with Gasteiger partial charge in [0, 0.05) is 23.8 Å². The fourth-order valence-corrected chi connectivity index (χ4v) is 7.47. The van der Waals surface area contributed by atoms with Gasteiger partial charge in [0.05, 0.1) is 24.4 Å².